The maximum Gasteiger partial charge on any atom is 0.255 e. The first-order valence-electron chi connectivity index (χ1n) is 9.72. The van der Waals surface area contributed by atoms with Crippen LogP contribution in [0.5, 0.6) is 5.75 Å². The van der Waals surface area contributed by atoms with Crippen LogP contribution in [0.4, 0.5) is 11.4 Å². The minimum atomic E-state index is -1.18. The summed E-state index contributed by atoms with van der Waals surface area (Å²) in [4.78, 5) is 36.6. The summed E-state index contributed by atoms with van der Waals surface area (Å²) < 4.78 is 5.13. The molecule has 30 heavy (non-hydrogen) atoms. The average molecular weight is 405 g/mol. The molecule has 2 amide bonds. The van der Waals surface area contributed by atoms with Crippen molar-refractivity contribution in [1.29, 1.82) is 0 Å². The first kappa shape index (κ1) is 19.7. The molecule has 4 rings (SSSR count). The molecule has 2 aromatic rings. The third kappa shape index (κ3) is 3.78. The molecule has 154 valence electrons. The van der Waals surface area contributed by atoms with Crippen molar-refractivity contribution in [3.05, 3.63) is 66.2 Å². The summed E-state index contributed by atoms with van der Waals surface area (Å²) in [5.74, 6) is -2.82. The smallest absolute Gasteiger partial charge is 0.255 e. The van der Waals surface area contributed by atoms with Crippen LogP contribution in [0, 0.1) is 23.7 Å². The molecular formula is C23H21N2O5-. The van der Waals surface area contributed by atoms with Crippen LogP contribution >= 0.6 is 0 Å². The number of methoxy groups -OCH3 is 1. The summed E-state index contributed by atoms with van der Waals surface area (Å²) in [6, 6.07) is 13.5. The van der Waals surface area contributed by atoms with Gasteiger partial charge in [-0.1, -0.05) is 18.2 Å². The molecular weight excluding hydrogens is 384 g/mol. The standard InChI is InChI=1S/C23H22N2O5/c1-30-18-4-2-3-15(12-18)21(26)24-16-7-9-17(10-8-16)25-22(27)19-13-5-6-14(11-13)20(19)23(28)29/h2-10,12-14,19-20H,11H2,1H3,(H,24,26)(H,25,27)(H,28,29)/p-1/t13-,14-,19+,20-/m0/s1. The van der Waals surface area contributed by atoms with Gasteiger partial charge in [-0.25, -0.2) is 0 Å². The first-order valence-corrected chi connectivity index (χ1v) is 9.72. The quantitative estimate of drug-likeness (QED) is 0.716. The minimum Gasteiger partial charge on any atom is -0.550 e. The lowest BCUT2D eigenvalue weighted by atomic mass is 9.82. The van der Waals surface area contributed by atoms with Gasteiger partial charge in [0.15, 0.2) is 0 Å². The Morgan fingerprint density at radius 2 is 1.57 bits per heavy atom. The Labute approximate surface area is 173 Å². The fourth-order valence-corrected chi connectivity index (χ4v) is 4.33. The fraction of sp³-hybridized carbons (Fsp3) is 0.261. The number of fused-ring (bicyclic) bond motifs is 2. The highest BCUT2D eigenvalue weighted by Gasteiger charge is 2.48. The normalized spacial score (nSPS) is 23.8. The van der Waals surface area contributed by atoms with Crippen molar-refractivity contribution in [3.63, 3.8) is 0 Å². The van der Waals surface area contributed by atoms with Crippen LogP contribution in [-0.4, -0.2) is 24.9 Å². The second-order valence-corrected chi connectivity index (χ2v) is 7.57. The van der Waals surface area contributed by atoms with Gasteiger partial charge in [-0.15, -0.1) is 0 Å². The lowest BCUT2D eigenvalue weighted by Crippen LogP contribution is -2.42. The molecule has 7 nitrogen and oxygen atoms in total. The predicted octanol–water partition coefficient (Wildman–Crippen LogP) is 2.07. The summed E-state index contributed by atoms with van der Waals surface area (Å²) in [5.41, 5.74) is 1.56. The van der Waals surface area contributed by atoms with Crippen LogP contribution in [-0.2, 0) is 9.59 Å². The molecule has 2 aliphatic rings. The first-order chi connectivity index (χ1) is 14.5. The Balaban J connectivity index is 1.40. The molecule has 0 aromatic heterocycles. The maximum atomic E-state index is 12.7. The van der Waals surface area contributed by atoms with Gasteiger partial charge in [-0.05, 0) is 60.7 Å². The van der Waals surface area contributed by atoms with Gasteiger partial charge < -0.3 is 25.3 Å². The Kier molecular flexibility index (Phi) is 5.27. The number of carbonyl (C=O) groups excluding carboxylic acids is 3. The number of anilines is 2. The lowest BCUT2D eigenvalue weighted by Gasteiger charge is -2.27. The summed E-state index contributed by atoms with van der Waals surface area (Å²) in [6.45, 7) is 0. The molecule has 0 unspecified atom stereocenters. The largest absolute Gasteiger partial charge is 0.550 e. The van der Waals surface area contributed by atoms with E-state index in [-0.39, 0.29) is 23.7 Å². The van der Waals surface area contributed by atoms with Crippen LogP contribution in [0.3, 0.4) is 0 Å². The van der Waals surface area contributed by atoms with Gasteiger partial charge in [0.25, 0.3) is 5.91 Å². The number of hydrogen-bond acceptors (Lipinski definition) is 5. The topological polar surface area (TPSA) is 108 Å². The highest BCUT2D eigenvalue weighted by molar-refractivity contribution is 6.04. The molecule has 1 fully saturated rings. The van der Waals surface area contributed by atoms with Crippen molar-refractivity contribution < 1.29 is 24.2 Å². The molecule has 0 aliphatic heterocycles. The molecule has 1 saturated carbocycles. The Morgan fingerprint density at radius 3 is 2.20 bits per heavy atom. The molecule has 2 aliphatic carbocycles. The second kappa shape index (κ2) is 8.02. The van der Waals surface area contributed by atoms with Gasteiger partial charge in [0, 0.05) is 28.8 Å². The van der Waals surface area contributed by atoms with Crippen molar-refractivity contribution in [2.24, 2.45) is 23.7 Å². The monoisotopic (exact) mass is 405 g/mol. The summed E-state index contributed by atoms with van der Waals surface area (Å²) in [7, 11) is 1.53. The van der Waals surface area contributed by atoms with Crippen LogP contribution < -0.4 is 20.5 Å². The van der Waals surface area contributed by atoms with E-state index in [2.05, 4.69) is 10.6 Å². The zero-order valence-corrected chi connectivity index (χ0v) is 16.3. The summed E-state index contributed by atoms with van der Waals surface area (Å²) in [5, 5.41) is 17.1. The Bertz CT molecular complexity index is 1010. The van der Waals surface area contributed by atoms with E-state index in [0.29, 0.717) is 29.1 Å². The molecule has 0 saturated heterocycles. The van der Waals surface area contributed by atoms with E-state index in [9.17, 15) is 19.5 Å². The number of nitrogens with one attached hydrogen (secondary N) is 2. The molecule has 4 atom stereocenters. The molecule has 2 bridgehead atoms. The lowest BCUT2D eigenvalue weighted by molar-refractivity contribution is -0.313. The number of carboxylic acid groups (broad SMARTS) is 1. The van der Waals surface area contributed by atoms with Gasteiger partial charge in [0.05, 0.1) is 13.0 Å². The van der Waals surface area contributed by atoms with E-state index in [1.165, 1.54) is 7.11 Å². The van der Waals surface area contributed by atoms with Crippen LogP contribution in [0.15, 0.2) is 60.7 Å². The fourth-order valence-electron chi connectivity index (χ4n) is 4.33. The third-order valence-corrected chi connectivity index (χ3v) is 5.78. The zero-order valence-electron chi connectivity index (χ0n) is 16.3. The number of allylic oxidation sites excluding steroid dienone is 2. The molecule has 0 spiro atoms. The number of aliphatic carboxylic acids is 1. The van der Waals surface area contributed by atoms with Crippen molar-refractivity contribution >= 4 is 29.2 Å². The van der Waals surface area contributed by atoms with Gasteiger partial charge in [0.1, 0.15) is 5.75 Å². The van der Waals surface area contributed by atoms with Crippen LogP contribution in [0.1, 0.15) is 16.8 Å². The number of ether oxygens (including phenoxy) is 1. The minimum absolute atomic E-state index is 0.0701. The number of hydrogen-bond donors (Lipinski definition) is 2. The maximum absolute atomic E-state index is 12.7. The Morgan fingerprint density at radius 1 is 0.933 bits per heavy atom. The van der Waals surface area contributed by atoms with E-state index in [4.69, 9.17) is 4.74 Å². The van der Waals surface area contributed by atoms with Gasteiger partial charge in [-0.3, -0.25) is 9.59 Å². The highest BCUT2D eigenvalue weighted by Crippen LogP contribution is 2.48. The predicted molar refractivity (Wildman–Crippen MR) is 109 cm³/mol. The Hall–Kier alpha value is -3.61. The van der Waals surface area contributed by atoms with Crippen LogP contribution in [0.25, 0.3) is 0 Å². The number of carboxylic acids is 1. The summed E-state index contributed by atoms with van der Waals surface area (Å²) in [6.07, 6.45) is 4.46. The summed E-state index contributed by atoms with van der Waals surface area (Å²) >= 11 is 0. The van der Waals surface area contributed by atoms with Gasteiger partial charge in [-0.2, -0.15) is 0 Å². The second-order valence-electron chi connectivity index (χ2n) is 7.57. The molecule has 7 heteroatoms. The van der Waals surface area contributed by atoms with Crippen molar-refractivity contribution in [3.8, 4) is 5.75 Å². The zero-order chi connectivity index (χ0) is 21.3. The van der Waals surface area contributed by atoms with E-state index >= 15 is 0 Å². The van der Waals surface area contributed by atoms with Crippen molar-refractivity contribution in [2.45, 2.75) is 6.42 Å². The SMILES string of the molecule is COc1cccc(C(=O)Nc2ccc(NC(=O)[C@H]3[C@@H](C(=O)[O-])[C@H]4C=C[C@H]3C4)cc2)c1. The molecule has 2 aromatic carbocycles. The van der Waals surface area contributed by atoms with E-state index in [0.717, 1.165) is 0 Å². The number of rotatable bonds is 6. The average Bonchev–Trinajstić information content (AvgIpc) is 3.37. The van der Waals surface area contributed by atoms with E-state index in [1.54, 1.807) is 48.5 Å². The molecule has 0 heterocycles. The highest BCUT2D eigenvalue weighted by atomic mass is 16.5. The molecule has 0 radical (unpaired) electrons. The number of benzene rings is 2. The van der Waals surface area contributed by atoms with Crippen molar-refractivity contribution in [2.75, 3.05) is 17.7 Å². The van der Waals surface area contributed by atoms with Gasteiger partial charge >= 0.3 is 0 Å². The number of amides is 2. The van der Waals surface area contributed by atoms with E-state index in [1.807, 2.05) is 12.2 Å². The van der Waals surface area contributed by atoms with Gasteiger partial charge in [0.2, 0.25) is 5.91 Å². The van der Waals surface area contributed by atoms with Crippen LogP contribution in [0.2, 0.25) is 0 Å². The van der Waals surface area contributed by atoms with E-state index < -0.39 is 17.8 Å². The number of carbonyl (C=O) groups is 3. The molecule has 2 N–H and O–H groups in total. The van der Waals surface area contributed by atoms with Crippen molar-refractivity contribution in [1.82, 2.24) is 0 Å². The third-order valence-electron chi connectivity index (χ3n) is 5.78.